The fraction of sp³-hybridized carbons (Fsp3) is 0.800. The van der Waals surface area contributed by atoms with Crippen molar-refractivity contribution in [2.24, 2.45) is 0 Å². The van der Waals surface area contributed by atoms with Crippen molar-refractivity contribution in [3.8, 4) is 0 Å². The Hall–Kier alpha value is 0.287. The van der Waals surface area contributed by atoms with E-state index in [9.17, 15) is 26.3 Å². The molecule has 0 radical (unpaired) electrons. The molecule has 0 spiro atoms. The zero-order valence-electron chi connectivity index (χ0n) is 7.45. The van der Waals surface area contributed by atoms with E-state index in [2.05, 4.69) is 24.8 Å². The summed E-state index contributed by atoms with van der Waals surface area (Å²) in [6, 6.07) is -9.21. The van der Waals surface area contributed by atoms with Crippen molar-refractivity contribution in [3.05, 3.63) is 0 Å². The quantitative estimate of drug-likeness (QED) is 0.216. The van der Waals surface area contributed by atoms with E-state index in [1.165, 1.54) is 0 Å². The molecule has 0 amide bonds. The van der Waals surface area contributed by atoms with E-state index in [0.717, 1.165) is 0 Å². The zero-order chi connectivity index (χ0) is 11.6. The molecule has 1 nitrogen and oxygen atoms in total. The minimum atomic E-state index is -4.60. The van der Waals surface area contributed by atoms with E-state index in [4.69, 9.17) is 0 Å². The van der Waals surface area contributed by atoms with Crippen LogP contribution in [0.1, 0.15) is 0 Å². The van der Waals surface area contributed by atoms with E-state index < -0.39 is 34.7 Å². The molecule has 0 aromatic rings. The summed E-state index contributed by atoms with van der Waals surface area (Å²) in [6.45, 7) is -4.86. The maximum absolute atomic E-state index is 12.5. The molecule has 0 N–H and O–H groups in total. The number of hydrogen-bond donors (Lipinski definition) is 0. The van der Waals surface area contributed by atoms with Gasteiger partial charge in [0.25, 0.3) is 0 Å². The summed E-state index contributed by atoms with van der Waals surface area (Å²) in [5.41, 5.74) is 0. The number of thiocarbonyl (C=S) groups is 1. The minimum absolute atomic E-state index is 0. The summed E-state index contributed by atoms with van der Waals surface area (Å²) in [4.78, 5) is -1.22. The van der Waals surface area contributed by atoms with Crippen LogP contribution in [-0.2, 0) is 12.6 Å². The van der Waals surface area contributed by atoms with Gasteiger partial charge in [0.2, 0.25) is 0 Å². The average molecular weight is 263 g/mol. The number of nitrogens with zero attached hydrogens (tertiary/aromatic N) is 1. The summed E-state index contributed by atoms with van der Waals surface area (Å²) in [6.07, 6.45) is 0. The SMILES string of the molecule is FCC(F)(F)N(C(=S)[S-])C(F)(F)CF.[Li+]. The fourth-order valence-electron chi connectivity index (χ4n) is 0.626. The first-order chi connectivity index (χ1) is 6.19. The van der Waals surface area contributed by atoms with Crippen molar-refractivity contribution in [1.29, 1.82) is 0 Å². The summed E-state index contributed by atoms with van der Waals surface area (Å²) in [5.74, 6) is 0. The second-order valence-corrected chi connectivity index (χ2v) is 3.23. The molecule has 0 aliphatic heterocycles. The van der Waals surface area contributed by atoms with Crippen LogP contribution < -0.4 is 18.9 Å². The second-order valence-electron chi connectivity index (χ2n) is 2.20. The second kappa shape index (κ2) is 6.13. The fourth-order valence-corrected chi connectivity index (χ4v) is 1.16. The number of halogens is 6. The zero-order valence-corrected chi connectivity index (χ0v) is 9.08. The Morgan fingerprint density at radius 1 is 1.07 bits per heavy atom. The Kier molecular flexibility index (Phi) is 7.22. The topological polar surface area (TPSA) is 3.24 Å². The molecule has 84 valence electrons. The van der Waals surface area contributed by atoms with E-state index in [-0.39, 0.29) is 18.9 Å². The van der Waals surface area contributed by atoms with Crippen LogP contribution >= 0.6 is 12.2 Å². The maximum atomic E-state index is 12.5. The van der Waals surface area contributed by atoms with E-state index in [1.54, 1.807) is 0 Å². The molecule has 0 aliphatic rings. The van der Waals surface area contributed by atoms with Crippen molar-refractivity contribution in [3.63, 3.8) is 0 Å². The molecule has 0 aromatic carbocycles. The van der Waals surface area contributed by atoms with Crippen LogP contribution in [0.15, 0.2) is 0 Å². The molecule has 15 heavy (non-hydrogen) atoms. The normalized spacial score (nSPS) is 11.9. The van der Waals surface area contributed by atoms with Gasteiger partial charge in [-0.25, -0.2) is 8.78 Å². The molecule has 0 saturated carbocycles. The van der Waals surface area contributed by atoms with Gasteiger partial charge in [-0.3, -0.25) is 4.90 Å². The Morgan fingerprint density at radius 2 is 1.33 bits per heavy atom. The molecular weight excluding hydrogens is 259 g/mol. The Bertz CT molecular complexity index is 210. The summed E-state index contributed by atoms with van der Waals surface area (Å²) in [7, 11) is 0. The molecule has 0 rings (SSSR count). The van der Waals surface area contributed by atoms with Gasteiger partial charge in [-0.15, -0.1) is 0 Å². The first-order valence-electron chi connectivity index (χ1n) is 3.08. The number of hydrogen-bond acceptors (Lipinski definition) is 2. The molecule has 0 unspecified atom stereocenters. The van der Waals surface area contributed by atoms with Gasteiger partial charge in [0.15, 0.2) is 13.3 Å². The van der Waals surface area contributed by atoms with Crippen molar-refractivity contribution < 1.29 is 45.2 Å². The molecule has 0 fully saturated rings. The van der Waals surface area contributed by atoms with Crippen LogP contribution in [0, 0.1) is 0 Å². The van der Waals surface area contributed by atoms with Gasteiger partial charge in [0.05, 0.1) is 0 Å². The third kappa shape index (κ3) is 4.34. The number of alkyl halides is 6. The van der Waals surface area contributed by atoms with Crippen molar-refractivity contribution in [1.82, 2.24) is 4.90 Å². The van der Waals surface area contributed by atoms with Gasteiger partial charge in [-0.2, -0.15) is 17.6 Å². The summed E-state index contributed by atoms with van der Waals surface area (Å²) >= 11 is 7.79. The molecule has 0 aliphatic carbocycles. The summed E-state index contributed by atoms with van der Waals surface area (Å²) < 4.78 is 72.0. The van der Waals surface area contributed by atoms with Crippen molar-refractivity contribution >= 4 is 29.2 Å². The third-order valence-corrected chi connectivity index (χ3v) is 1.52. The first kappa shape index (κ1) is 17.7. The number of rotatable bonds is 4. The van der Waals surface area contributed by atoms with Crippen LogP contribution in [0.5, 0.6) is 0 Å². The predicted octanol–water partition coefficient (Wildman–Crippen LogP) is -0.751. The molecule has 0 saturated heterocycles. The van der Waals surface area contributed by atoms with Crippen molar-refractivity contribution in [2.75, 3.05) is 13.3 Å². The first-order valence-corrected chi connectivity index (χ1v) is 3.89. The van der Waals surface area contributed by atoms with Gasteiger partial charge < -0.3 is 24.8 Å². The monoisotopic (exact) mass is 263 g/mol. The molecule has 0 heterocycles. The van der Waals surface area contributed by atoms with E-state index in [0.29, 0.717) is 0 Å². The van der Waals surface area contributed by atoms with Crippen LogP contribution in [-0.4, -0.2) is 34.7 Å². The van der Waals surface area contributed by atoms with Crippen molar-refractivity contribution in [2.45, 2.75) is 12.1 Å². The van der Waals surface area contributed by atoms with Crippen LogP contribution in [0.4, 0.5) is 26.3 Å². The van der Waals surface area contributed by atoms with E-state index in [1.807, 2.05) is 0 Å². The van der Waals surface area contributed by atoms with Crippen LogP contribution in [0.25, 0.3) is 0 Å². The molecule has 0 bridgehead atoms. The third-order valence-electron chi connectivity index (χ3n) is 1.16. The predicted molar refractivity (Wildman–Crippen MR) is 43.6 cm³/mol. The van der Waals surface area contributed by atoms with Crippen LogP contribution in [0.3, 0.4) is 0 Å². The molecule has 0 atom stereocenters. The van der Waals surface area contributed by atoms with Gasteiger partial charge in [0.1, 0.15) is 0 Å². The molecular formula is C5H4F6LiNS2. The Balaban J connectivity index is 0. The molecule has 0 aromatic heterocycles. The van der Waals surface area contributed by atoms with Gasteiger partial charge in [0, 0.05) is 0 Å². The standard InChI is InChI=1S/C5H5F6NS2.Li/c6-1-4(8,9)12(3(13)14)5(10,11)2-7;/h1-2H2,(H,13,14);/q;+1/p-1. The largest absolute Gasteiger partial charge is 1.00 e. The Morgan fingerprint density at radius 3 is 1.47 bits per heavy atom. The minimum Gasteiger partial charge on any atom is -0.411 e. The van der Waals surface area contributed by atoms with Gasteiger partial charge in [-0.1, -0.05) is 4.32 Å². The van der Waals surface area contributed by atoms with Crippen LogP contribution in [0.2, 0.25) is 0 Å². The Labute approximate surface area is 105 Å². The average Bonchev–Trinajstić information content (AvgIpc) is 2.02. The van der Waals surface area contributed by atoms with E-state index >= 15 is 0 Å². The smallest absolute Gasteiger partial charge is 0.411 e. The van der Waals surface area contributed by atoms with Gasteiger partial charge >= 0.3 is 31.0 Å². The maximum Gasteiger partial charge on any atom is 1.00 e. The van der Waals surface area contributed by atoms with Gasteiger partial charge in [-0.05, 0) is 0 Å². The summed E-state index contributed by atoms with van der Waals surface area (Å²) in [5, 5.41) is 0. The molecule has 10 heteroatoms.